The third-order valence-corrected chi connectivity index (χ3v) is 2.99. The average Bonchev–Trinajstić information content (AvgIpc) is 2.43. The van der Waals surface area contributed by atoms with Gasteiger partial charge in [-0.3, -0.25) is 0 Å². The van der Waals surface area contributed by atoms with Crippen LogP contribution in [-0.2, 0) is 14.3 Å². The quantitative estimate of drug-likeness (QED) is 0.472. The number of esters is 1. The van der Waals surface area contributed by atoms with Crippen molar-refractivity contribution < 1.29 is 19.0 Å². The zero-order chi connectivity index (χ0) is 16.0. The SMILES string of the molecule is CCOC(=O)/C(=C(/OC)c1cccc(OC)c1)C(C)(C)C. The molecular weight excluding hydrogens is 268 g/mol. The lowest BCUT2D eigenvalue weighted by Gasteiger charge is -2.24. The molecule has 1 aromatic carbocycles. The lowest BCUT2D eigenvalue weighted by Crippen LogP contribution is -2.22. The molecule has 21 heavy (non-hydrogen) atoms. The van der Waals surface area contributed by atoms with Crippen LogP contribution in [0, 0.1) is 5.41 Å². The van der Waals surface area contributed by atoms with E-state index < -0.39 is 5.41 Å². The van der Waals surface area contributed by atoms with Gasteiger partial charge in [-0.1, -0.05) is 32.9 Å². The highest BCUT2D eigenvalue weighted by molar-refractivity contribution is 5.97. The Bertz CT molecular complexity index is 524. The van der Waals surface area contributed by atoms with Crippen molar-refractivity contribution in [2.45, 2.75) is 27.7 Å². The van der Waals surface area contributed by atoms with Crippen LogP contribution < -0.4 is 4.74 Å². The molecular formula is C17H24O4. The van der Waals surface area contributed by atoms with E-state index in [1.807, 2.05) is 45.0 Å². The smallest absolute Gasteiger partial charge is 0.338 e. The van der Waals surface area contributed by atoms with Crippen molar-refractivity contribution in [3.63, 3.8) is 0 Å². The van der Waals surface area contributed by atoms with Gasteiger partial charge >= 0.3 is 5.97 Å². The molecule has 0 saturated heterocycles. The van der Waals surface area contributed by atoms with E-state index in [2.05, 4.69) is 0 Å². The molecule has 0 radical (unpaired) electrons. The normalized spacial score (nSPS) is 12.5. The summed E-state index contributed by atoms with van der Waals surface area (Å²) < 4.78 is 15.9. The Morgan fingerprint density at radius 1 is 1.19 bits per heavy atom. The Labute approximate surface area is 126 Å². The molecule has 0 aromatic heterocycles. The minimum Gasteiger partial charge on any atom is -0.497 e. The predicted molar refractivity (Wildman–Crippen MR) is 83.0 cm³/mol. The average molecular weight is 292 g/mol. The molecule has 0 atom stereocenters. The van der Waals surface area contributed by atoms with Crippen molar-refractivity contribution in [2.24, 2.45) is 5.41 Å². The van der Waals surface area contributed by atoms with Gasteiger partial charge in [0.15, 0.2) is 0 Å². The summed E-state index contributed by atoms with van der Waals surface area (Å²) in [7, 11) is 3.16. The third-order valence-electron chi connectivity index (χ3n) is 2.99. The monoisotopic (exact) mass is 292 g/mol. The Morgan fingerprint density at radius 3 is 2.33 bits per heavy atom. The van der Waals surface area contributed by atoms with E-state index in [1.165, 1.54) is 0 Å². The molecule has 1 rings (SSSR count). The van der Waals surface area contributed by atoms with Gasteiger partial charge in [0.05, 0.1) is 26.4 Å². The van der Waals surface area contributed by atoms with Gasteiger partial charge in [-0.2, -0.15) is 0 Å². The first-order valence-electron chi connectivity index (χ1n) is 6.95. The summed E-state index contributed by atoms with van der Waals surface area (Å²) in [6.07, 6.45) is 0. The molecule has 0 aliphatic heterocycles. The second kappa shape index (κ2) is 7.16. The van der Waals surface area contributed by atoms with Crippen molar-refractivity contribution in [2.75, 3.05) is 20.8 Å². The van der Waals surface area contributed by atoms with Gasteiger partial charge in [0.2, 0.25) is 0 Å². The first-order valence-corrected chi connectivity index (χ1v) is 6.95. The minimum absolute atomic E-state index is 0.327. The van der Waals surface area contributed by atoms with Gasteiger partial charge in [-0.05, 0) is 24.5 Å². The van der Waals surface area contributed by atoms with Crippen LogP contribution in [0.2, 0.25) is 0 Å². The van der Waals surface area contributed by atoms with E-state index in [1.54, 1.807) is 21.1 Å². The highest BCUT2D eigenvalue weighted by Gasteiger charge is 2.30. The highest BCUT2D eigenvalue weighted by atomic mass is 16.5. The fraction of sp³-hybridized carbons (Fsp3) is 0.471. The molecule has 0 amide bonds. The fourth-order valence-corrected chi connectivity index (χ4v) is 2.07. The molecule has 4 nitrogen and oxygen atoms in total. The van der Waals surface area contributed by atoms with Crippen LogP contribution in [0.3, 0.4) is 0 Å². The summed E-state index contributed by atoms with van der Waals surface area (Å²) in [4.78, 5) is 12.3. The predicted octanol–water partition coefficient (Wildman–Crippen LogP) is 3.66. The van der Waals surface area contributed by atoms with Gasteiger partial charge in [0.25, 0.3) is 0 Å². The van der Waals surface area contributed by atoms with Crippen LogP contribution in [0.5, 0.6) is 5.75 Å². The second-order valence-electron chi connectivity index (χ2n) is 5.61. The van der Waals surface area contributed by atoms with Crippen LogP contribution in [0.25, 0.3) is 5.76 Å². The van der Waals surface area contributed by atoms with Crippen LogP contribution in [0.1, 0.15) is 33.3 Å². The maximum Gasteiger partial charge on any atom is 0.338 e. The molecule has 1 aromatic rings. The lowest BCUT2D eigenvalue weighted by molar-refractivity contribution is -0.139. The summed E-state index contributed by atoms with van der Waals surface area (Å²) in [5.74, 6) is 0.865. The van der Waals surface area contributed by atoms with Crippen LogP contribution in [-0.4, -0.2) is 26.8 Å². The van der Waals surface area contributed by atoms with Crippen LogP contribution in [0.4, 0.5) is 0 Å². The van der Waals surface area contributed by atoms with Gasteiger partial charge in [0.1, 0.15) is 11.5 Å². The maximum atomic E-state index is 12.3. The molecule has 0 bridgehead atoms. The summed E-state index contributed by atoms with van der Waals surface area (Å²) in [6.45, 7) is 7.99. The van der Waals surface area contributed by atoms with Gasteiger partial charge in [-0.15, -0.1) is 0 Å². The number of methoxy groups -OCH3 is 2. The Balaban J connectivity index is 3.47. The zero-order valence-electron chi connectivity index (χ0n) is 13.6. The molecule has 4 heteroatoms. The first-order chi connectivity index (χ1) is 9.85. The first kappa shape index (κ1) is 17.1. The molecule has 0 aliphatic carbocycles. The lowest BCUT2D eigenvalue weighted by atomic mass is 9.84. The maximum absolute atomic E-state index is 12.3. The molecule has 0 saturated carbocycles. The summed E-state index contributed by atoms with van der Waals surface area (Å²) in [6, 6.07) is 7.42. The summed E-state index contributed by atoms with van der Waals surface area (Å²) in [5.41, 5.74) is 0.899. The van der Waals surface area contributed by atoms with E-state index >= 15 is 0 Å². The van der Waals surface area contributed by atoms with E-state index in [-0.39, 0.29) is 5.97 Å². The molecule has 0 heterocycles. The highest BCUT2D eigenvalue weighted by Crippen LogP contribution is 2.34. The summed E-state index contributed by atoms with van der Waals surface area (Å²) >= 11 is 0. The number of carbonyl (C=O) groups excluding carboxylic acids is 1. The number of carbonyl (C=O) groups is 1. The zero-order valence-corrected chi connectivity index (χ0v) is 13.6. The number of rotatable bonds is 5. The molecule has 0 unspecified atom stereocenters. The molecule has 0 fully saturated rings. The van der Waals surface area contributed by atoms with Crippen LogP contribution >= 0.6 is 0 Å². The number of hydrogen-bond acceptors (Lipinski definition) is 4. The van der Waals surface area contributed by atoms with Crippen molar-refractivity contribution >= 4 is 11.7 Å². The molecule has 0 spiro atoms. The van der Waals surface area contributed by atoms with Crippen LogP contribution in [0.15, 0.2) is 29.8 Å². The minimum atomic E-state index is -0.402. The van der Waals surface area contributed by atoms with E-state index in [4.69, 9.17) is 14.2 Å². The van der Waals surface area contributed by atoms with E-state index in [0.717, 1.165) is 5.56 Å². The van der Waals surface area contributed by atoms with E-state index in [0.29, 0.717) is 23.7 Å². The van der Waals surface area contributed by atoms with Crippen molar-refractivity contribution in [1.29, 1.82) is 0 Å². The summed E-state index contributed by atoms with van der Waals surface area (Å²) in [5, 5.41) is 0. The largest absolute Gasteiger partial charge is 0.497 e. The van der Waals surface area contributed by atoms with Crippen molar-refractivity contribution in [3.05, 3.63) is 35.4 Å². The fourth-order valence-electron chi connectivity index (χ4n) is 2.07. The van der Waals surface area contributed by atoms with Gasteiger partial charge in [0, 0.05) is 5.56 Å². The molecule has 116 valence electrons. The standard InChI is InChI=1S/C17H24O4/c1-7-21-16(18)14(17(2,3)4)15(20-6)12-9-8-10-13(11-12)19-5/h8-11H,7H2,1-6H3/b15-14-. The third kappa shape index (κ3) is 4.25. The van der Waals surface area contributed by atoms with Crippen molar-refractivity contribution in [3.8, 4) is 5.75 Å². The molecule has 0 aliphatic rings. The number of hydrogen-bond donors (Lipinski definition) is 0. The number of ether oxygens (including phenoxy) is 3. The van der Waals surface area contributed by atoms with Crippen molar-refractivity contribution in [1.82, 2.24) is 0 Å². The Morgan fingerprint density at radius 2 is 1.86 bits per heavy atom. The second-order valence-corrected chi connectivity index (χ2v) is 5.61. The van der Waals surface area contributed by atoms with Gasteiger partial charge < -0.3 is 14.2 Å². The van der Waals surface area contributed by atoms with Gasteiger partial charge in [-0.25, -0.2) is 4.79 Å². The Hall–Kier alpha value is -1.97. The topological polar surface area (TPSA) is 44.8 Å². The van der Waals surface area contributed by atoms with E-state index in [9.17, 15) is 4.79 Å². The Kier molecular flexibility index (Phi) is 5.82. The molecule has 0 N–H and O–H groups in total. The number of benzene rings is 1.